The minimum atomic E-state index is -0.924. The second kappa shape index (κ2) is 13.3. The zero-order valence-electron chi connectivity index (χ0n) is 26.0. The van der Waals surface area contributed by atoms with Gasteiger partial charge < -0.3 is 20.2 Å². The Morgan fingerprint density at radius 1 is 0.955 bits per heavy atom. The number of aliphatic carboxylic acids is 2. The second-order valence-corrected chi connectivity index (χ2v) is 12.5. The summed E-state index contributed by atoms with van der Waals surface area (Å²) in [6, 6.07) is 0. The molecule has 4 rings (SSSR count). The fraction of sp³-hybridized carbons (Fsp3) is 0.455. The summed E-state index contributed by atoms with van der Waals surface area (Å²) in [6.07, 6.45) is 5.14. The first-order chi connectivity index (χ1) is 20.7. The summed E-state index contributed by atoms with van der Waals surface area (Å²) in [5, 5.41) is 20.2. The number of H-pyrrole nitrogens is 2. The SMILES string of the molecule is CCC1=C(C)C(Cc2[nH]c(/C=c3\[nH]/c(=C/C4=NC(=O)[C@H](C)[C@H]4[C@@H](C)S)c(C)c3CCC(=O)O)c(CCC(=O)O)c2C)=NC1=O. The van der Waals surface area contributed by atoms with Crippen LogP contribution in [0.15, 0.2) is 21.1 Å². The van der Waals surface area contributed by atoms with E-state index in [1.165, 1.54) is 0 Å². The van der Waals surface area contributed by atoms with E-state index < -0.39 is 11.9 Å². The second-order valence-electron chi connectivity index (χ2n) is 11.7. The molecule has 0 saturated heterocycles. The molecule has 2 aliphatic heterocycles. The lowest BCUT2D eigenvalue weighted by atomic mass is 9.89. The average molecular weight is 621 g/mol. The van der Waals surface area contributed by atoms with E-state index in [0.717, 1.165) is 38.9 Å². The van der Waals surface area contributed by atoms with Gasteiger partial charge >= 0.3 is 11.9 Å². The van der Waals surface area contributed by atoms with Gasteiger partial charge in [0.25, 0.3) is 5.91 Å². The van der Waals surface area contributed by atoms with E-state index in [1.54, 1.807) is 0 Å². The number of hydrogen-bond acceptors (Lipinski definition) is 5. The molecular formula is C33H40N4O6S. The first kappa shape index (κ1) is 32.9. The molecule has 11 heteroatoms. The number of rotatable bonds is 12. The number of thiol groups is 1. The average Bonchev–Trinajstić information content (AvgIpc) is 3.59. The lowest BCUT2D eigenvalue weighted by Gasteiger charge is -2.18. The van der Waals surface area contributed by atoms with Crippen LogP contribution in [-0.4, -0.2) is 60.6 Å². The molecular weight excluding hydrogens is 580 g/mol. The van der Waals surface area contributed by atoms with Crippen LogP contribution in [0, 0.1) is 25.7 Å². The van der Waals surface area contributed by atoms with Gasteiger partial charge in [-0.1, -0.05) is 20.8 Å². The van der Waals surface area contributed by atoms with Crippen molar-refractivity contribution in [1.82, 2.24) is 9.97 Å². The van der Waals surface area contributed by atoms with Crippen LogP contribution < -0.4 is 10.7 Å². The first-order valence-electron chi connectivity index (χ1n) is 14.9. The van der Waals surface area contributed by atoms with E-state index >= 15 is 0 Å². The molecule has 0 spiro atoms. The molecule has 0 saturated carbocycles. The van der Waals surface area contributed by atoms with E-state index in [9.17, 15) is 29.4 Å². The maximum Gasteiger partial charge on any atom is 0.303 e. The smallest absolute Gasteiger partial charge is 0.303 e. The van der Waals surface area contributed by atoms with Crippen molar-refractivity contribution in [3.63, 3.8) is 0 Å². The highest BCUT2D eigenvalue weighted by molar-refractivity contribution is 7.81. The number of carboxylic acids is 2. The lowest BCUT2D eigenvalue weighted by Crippen LogP contribution is -2.26. The number of allylic oxidation sites excluding steroid dienone is 1. The highest BCUT2D eigenvalue weighted by Gasteiger charge is 2.36. The van der Waals surface area contributed by atoms with E-state index in [0.29, 0.717) is 40.9 Å². The molecule has 4 heterocycles. The highest BCUT2D eigenvalue weighted by Crippen LogP contribution is 2.29. The molecule has 2 aromatic rings. The van der Waals surface area contributed by atoms with Crippen LogP contribution >= 0.6 is 12.6 Å². The van der Waals surface area contributed by atoms with Crippen molar-refractivity contribution in [2.45, 2.75) is 85.3 Å². The fourth-order valence-corrected chi connectivity index (χ4v) is 6.64. The molecule has 0 radical (unpaired) electrons. The number of aromatic nitrogens is 2. The third kappa shape index (κ3) is 6.72. The standard InChI is InChI=1S/C33H40N4O6S/c1-7-20-15(2)25(36-33(20)43)12-23-16(3)21(8-10-29(38)39)26(34-23)14-27-22(9-11-30(40)41)17(4)24(35-27)13-28-31(19(6)44)18(5)32(42)37-28/h13-14,18-19,31,34-35,44H,7-12H2,1-6H3,(H,38,39)(H,40,41)/b24-13+,27-14-/t18-,19-,31+/m1/s1. The molecule has 4 N–H and O–H groups in total. The number of amides is 2. The van der Waals surface area contributed by atoms with Crippen molar-refractivity contribution in [3.05, 3.63) is 55.5 Å². The van der Waals surface area contributed by atoms with Gasteiger partial charge in [-0.25, -0.2) is 9.98 Å². The van der Waals surface area contributed by atoms with Crippen LogP contribution in [0.2, 0.25) is 0 Å². The molecule has 0 aliphatic carbocycles. The number of aliphatic imine (C=N–C) groups is 2. The van der Waals surface area contributed by atoms with E-state index in [1.807, 2.05) is 53.7 Å². The molecule has 0 fully saturated rings. The molecule has 3 atom stereocenters. The van der Waals surface area contributed by atoms with Crippen LogP contribution in [0.4, 0.5) is 0 Å². The Morgan fingerprint density at radius 3 is 2.16 bits per heavy atom. The Morgan fingerprint density at radius 2 is 1.59 bits per heavy atom. The minimum absolute atomic E-state index is 0.0681. The number of hydrogen-bond donors (Lipinski definition) is 5. The van der Waals surface area contributed by atoms with Gasteiger partial charge in [-0.3, -0.25) is 19.2 Å². The topological polar surface area (TPSA) is 165 Å². The van der Waals surface area contributed by atoms with Crippen LogP contribution in [0.1, 0.15) is 80.6 Å². The number of nitrogens with one attached hydrogen (secondary N) is 2. The number of aromatic amines is 2. The maximum absolute atomic E-state index is 12.4. The summed E-state index contributed by atoms with van der Waals surface area (Å²) >= 11 is 4.60. The Bertz CT molecular complexity index is 1750. The summed E-state index contributed by atoms with van der Waals surface area (Å²) in [5.74, 6) is -2.69. The Kier molecular flexibility index (Phi) is 9.98. The molecule has 234 valence electrons. The third-order valence-electron chi connectivity index (χ3n) is 8.83. The maximum atomic E-state index is 12.4. The molecule has 10 nitrogen and oxygen atoms in total. The van der Waals surface area contributed by atoms with Gasteiger partial charge in [-0.15, -0.1) is 0 Å². The van der Waals surface area contributed by atoms with Crippen molar-refractivity contribution in [2.24, 2.45) is 21.8 Å². The van der Waals surface area contributed by atoms with Crippen molar-refractivity contribution in [1.29, 1.82) is 0 Å². The zero-order valence-corrected chi connectivity index (χ0v) is 26.9. The van der Waals surface area contributed by atoms with Crippen molar-refractivity contribution in [2.75, 3.05) is 0 Å². The number of carboxylic acid groups (broad SMARTS) is 2. The summed E-state index contributed by atoms with van der Waals surface area (Å²) < 4.78 is 0. The Labute approximate surface area is 261 Å². The fourth-order valence-electron chi connectivity index (χ4n) is 6.23. The third-order valence-corrected chi connectivity index (χ3v) is 9.15. The summed E-state index contributed by atoms with van der Waals surface area (Å²) in [5.41, 5.74) is 7.81. The van der Waals surface area contributed by atoms with Gasteiger partial charge in [-0.2, -0.15) is 12.6 Å². The molecule has 2 amide bonds. The van der Waals surface area contributed by atoms with Crippen molar-refractivity contribution < 1.29 is 29.4 Å². The molecule has 0 bridgehead atoms. The zero-order chi connectivity index (χ0) is 32.5. The largest absolute Gasteiger partial charge is 0.481 e. The van der Waals surface area contributed by atoms with E-state index in [2.05, 4.69) is 32.6 Å². The van der Waals surface area contributed by atoms with Crippen LogP contribution in [0.25, 0.3) is 12.2 Å². The number of carbonyl (C=O) groups excluding carboxylic acids is 2. The number of nitrogens with zero attached hydrogens (tertiary/aromatic N) is 2. The Balaban J connectivity index is 1.87. The van der Waals surface area contributed by atoms with Crippen LogP contribution in [-0.2, 0) is 38.4 Å². The molecule has 44 heavy (non-hydrogen) atoms. The predicted octanol–water partition coefficient (Wildman–Crippen LogP) is 3.41. The number of carbonyl (C=O) groups is 4. The molecule has 2 aromatic heterocycles. The molecule has 0 unspecified atom stereocenters. The predicted molar refractivity (Wildman–Crippen MR) is 173 cm³/mol. The van der Waals surface area contributed by atoms with Gasteiger partial charge in [0.2, 0.25) is 5.91 Å². The van der Waals surface area contributed by atoms with Gasteiger partial charge in [0.1, 0.15) is 0 Å². The highest BCUT2D eigenvalue weighted by atomic mass is 32.1. The normalized spacial score (nSPS) is 20.2. The Hall–Kier alpha value is -3.99. The lowest BCUT2D eigenvalue weighted by molar-refractivity contribution is -0.138. The summed E-state index contributed by atoms with van der Waals surface area (Å²) in [4.78, 5) is 63.4. The van der Waals surface area contributed by atoms with Gasteiger partial charge in [0.05, 0.1) is 11.4 Å². The molecule has 2 aliphatic rings. The minimum Gasteiger partial charge on any atom is -0.481 e. The quantitative estimate of drug-likeness (QED) is 0.228. The van der Waals surface area contributed by atoms with E-state index in [4.69, 9.17) is 0 Å². The molecule has 0 aromatic carbocycles. The van der Waals surface area contributed by atoms with Gasteiger partial charge in [0.15, 0.2) is 0 Å². The van der Waals surface area contributed by atoms with E-state index in [-0.39, 0.29) is 54.6 Å². The van der Waals surface area contributed by atoms with Crippen molar-refractivity contribution >= 4 is 60.0 Å². The summed E-state index contributed by atoms with van der Waals surface area (Å²) in [6.45, 7) is 11.4. The van der Waals surface area contributed by atoms with Crippen molar-refractivity contribution in [3.8, 4) is 0 Å². The summed E-state index contributed by atoms with van der Waals surface area (Å²) in [7, 11) is 0. The van der Waals surface area contributed by atoms with Gasteiger partial charge in [-0.05, 0) is 80.0 Å². The monoisotopic (exact) mass is 620 g/mol. The first-order valence-corrected chi connectivity index (χ1v) is 15.4. The van der Waals surface area contributed by atoms with Crippen LogP contribution in [0.5, 0.6) is 0 Å². The van der Waals surface area contributed by atoms with Crippen LogP contribution in [0.3, 0.4) is 0 Å². The van der Waals surface area contributed by atoms with Gasteiger partial charge in [0, 0.05) is 64.0 Å².